The van der Waals surface area contributed by atoms with Crippen molar-refractivity contribution in [2.24, 2.45) is 4.99 Å². The Hall–Kier alpha value is -0.890. The molecule has 0 saturated carbocycles. The molecule has 0 spiro atoms. The molecule has 0 aromatic carbocycles. The van der Waals surface area contributed by atoms with Crippen LogP contribution in [0.2, 0.25) is 0 Å². The van der Waals surface area contributed by atoms with Crippen LogP contribution in [0.1, 0.15) is 24.6 Å². The lowest BCUT2D eigenvalue weighted by molar-refractivity contribution is 1.01. The number of hydrogen-bond acceptors (Lipinski definition) is 2. The number of rotatable bonds is 4. The summed E-state index contributed by atoms with van der Waals surface area (Å²) in [4.78, 5) is 5.40. The highest BCUT2D eigenvalue weighted by atomic mass is 32.1. The lowest BCUT2D eigenvalue weighted by atomic mass is 10.3. The highest BCUT2D eigenvalue weighted by molar-refractivity contribution is 7.11. The average Bonchev–Trinajstić information content (AvgIpc) is 2.56. The van der Waals surface area contributed by atoms with Crippen LogP contribution in [0.5, 0.6) is 0 Å². The third-order valence-electron chi connectivity index (χ3n) is 1.47. The molecule has 0 atom stereocenters. The van der Waals surface area contributed by atoms with E-state index in [1.807, 2.05) is 23.7 Å². The van der Waals surface area contributed by atoms with E-state index in [0.717, 1.165) is 23.4 Å². The maximum atomic E-state index is 4.25. The maximum absolute atomic E-state index is 4.25. The van der Waals surface area contributed by atoms with Gasteiger partial charge in [-0.2, -0.15) is 0 Å². The van der Waals surface area contributed by atoms with Crippen LogP contribution in [-0.2, 0) is 0 Å². The molecule has 1 heterocycles. The van der Waals surface area contributed by atoms with Crippen LogP contribution in [0.4, 0.5) is 0 Å². The van der Waals surface area contributed by atoms with Gasteiger partial charge in [-0.25, -0.2) is 0 Å². The molecule has 1 nitrogen and oxygen atoms in total. The molecule has 2 heteroatoms. The molecule has 1 rings (SSSR count). The average molecular weight is 179 g/mol. The zero-order valence-electron chi connectivity index (χ0n) is 7.29. The van der Waals surface area contributed by atoms with Gasteiger partial charge in [-0.1, -0.05) is 26.0 Å². The first-order chi connectivity index (χ1) is 5.84. The summed E-state index contributed by atoms with van der Waals surface area (Å²) in [5, 5.41) is 2.04. The fourth-order valence-corrected chi connectivity index (χ4v) is 1.46. The Kier molecular flexibility index (Phi) is 3.74. The summed E-state index contributed by atoms with van der Waals surface area (Å²) in [6.07, 6.45) is 4.10. The summed E-state index contributed by atoms with van der Waals surface area (Å²) in [6, 6.07) is 4.05. The molecule has 0 bridgehead atoms. The summed E-state index contributed by atoms with van der Waals surface area (Å²) < 4.78 is 0. The van der Waals surface area contributed by atoms with Crippen molar-refractivity contribution >= 4 is 23.2 Å². The van der Waals surface area contributed by atoms with Gasteiger partial charge in [0.15, 0.2) is 0 Å². The van der Waals surface area contributed by atoms with Gasteiger partial charge in [-0.3, -0.25) is 4.99 Å². The van der Waals surface area contributed by atoms with Gasteiger partial charge in [0.2, 0.25) is 0 Å². The first kappa shape index (κ1) is 9.20. The van der Waals surface area contributed by atoms with E-state index >= 15 is 0 Å². The normalized spacial score (nSPS) is 10.8. The molecule has 1 aromatic heterocycles. The molecule has 12 heavy (non-hydrogen) atoms. The minimum absolute atomic E-state index is 0.874. The van der Waals surface area contributed by atoms with E-state index in [9.17, 15) is 0 Å². The number of unbranched alkanes of at least 4 members (excludes halogenated alkanes) is 1. The Morgan fingerprint density at radius 1 is 1.75 bits per heavy atom. The van der Waals surface area contributed by atoms with Gasteiger partial charge in [-0.15, -0.1) is 11.3 Å². The number of thiophene rings is 1. The molecular weight excluding hydrogens is 166 g/mol. The first-order valence-electron chi connectivity index (χ1n) is 4.10. The maximum Gasteiger partial charge on any atom is 0.0726 e. The van der Waals surface area contributed by atoms with E-state index in [2.05, 4.69) is 18.5 Å². The fourth-order valence-electron chi connectivity index (χ4n) is 0.810. The summed E-state index contributed by atoms with van der Waals surface area (Å²) in [7, 11) is 0. The van der Waals surface area contributed by atoms with Gasteiger partial charge >= 0.3 is 0 Å². The van der Waals surface area contributed by atoms with E-state index in [4.69, 9.17) is 0 Å². The Labute approximate surface area is 77.5 Å². The monoisotopic (exact) mass is 179 g/mol. The molecule has 0 aliphatic rings. The zero-order chi connectivity index (χ0) is 8.81. The van der Waals surface area contributed by atoms with Crippen LogP contribution >= 0.6 is 11.3 Å². The Balaban J connectivity index is 2.50. The number of aliphatic imine (C=N–C) groups is 1. The van der Waals surface area contributed by atoms with Crippen molar-refractivity contribution in [3.8, 4) is 0 Å². The van der Waals surface area contributed by atoms with Crippen molar-refractivity contribution in [2.75, 3.05) is 0 Å². The van der Waals surface area contributed by atoms with Crippen molar-refractivity contribution in [3.05, 3.63) is 29.0 Å². The predicted molar refractivity (Wildman–Crippen MR) is 56.8 cm³/mol. The van der Waals surface area contributed by atoms with Crippen LogP contribution in [0.15, 0.2) is 29.1 Å². The van der Waals surface area contributed by atoms with Gasteiger partial charge in [0.05, 0.1) is 10.6 Å². The molecule has 0 aliphatic heterocycles. The summed E-state index contributed by atoms with van der Waals surface area (Å²) in [5.41, 5.74) is 0.874. The van der Waals surface area contributed by atoms with Crippen molar-refractivity contribution in [1.82, 2.24) is 0 Å². The quantitative estimate of drug-likeness (QED) is 0.626. The van der Waals surface area contributed by atoms with E-state index in [1.165, 1.54) is 0 Å². The molecule has 64 valence electrons. The number of hydrogen-bond donors (Lipinski definition) is 0. The lowest BCUT2D eigenvalue weighted by Gasteiger charge is -1.92. The summed E-state index contributed by atoms with van der Waals surface area (Å²) in [6.45, 7) is 6.02. The van der Waals surface area contributed by atoms with E-state index in [1.54, 1.807) is 11.3 Å². The first-order valence-corrected chi connectivity index (χ1v) is 4.98. The Bertz CT molecular complexity index is 259. The molecule has 0 amide bonds. The molecule has 0 unspecified atom stereocenters. The second-order valence-electron chi connectivity index (χ2n) is 2.52. The fraction of sp³-hybridized carbons (Fsp3) is 0.300. The Morgan fingerprint density at radius 2 is 2.58 bits per heavy atom. The zero-order valence-corrected chi connectivity index (χ0v) is 8.10. The van der Waals surface area contributed by atoms with E-state index in [-0.39, 0.29) is 0 Å². The van der Waals surface area contributed by atoms with Crippen molar-refractivity contribution < 1.29 is 0 Å². The van der Waals surface area contributed by atoms with Crippen molar-refractivity contribution in [3.63, 3.8) is 0 Å². The van der Waals surface area contributed by atoms with Gasteiger partial charge < -0.3 is 0 Å². The van der Waals surface area contributed by atoms with Gasteiger partial charge in [0.25, 0.3) is 0 Å². The van der Waals surface area contributed by atoms with Crippen LogP contribution in [0.3, 0.4) is 0 Å². The van der Waals surface area contributed by atoms with Crippen LogP contribution in [0.25, 0.3) is 5.70 Å². The summed E-state index contributed by atoms with van der Waals surface area (Å²) >= 11 is 1.68. The molecule has 0 fully saturated rings. The van der Waals surface area contributed by atoms with E-state index in [0.29, 0.717) is 0 Å². The highest BCUT2D eigenvalue weighted by Crippen LogP contribution is 2.18. The lowest BCUT2D eigenvalue weighted by Crippen LogP contribution is -1.75. The van der Waals surface area contributed by atoms with Crippen LogP contribution in [0, 0.1) is 0 Å². The second kappa shape index (κ2) is 4.88. The molecule has 0 aliphatic carbocycles. The van der Waals surface area contributed by atoms with Gasteiger partial charge in [-0.05, 0) is 17.9 Å². The van der Waals surface area contributed by atoms with Gasteiger partial charge in [0, 0.05) is 6.21 Å². The van der Waals surface area contributed by atoms with Crippen LogP contribution < -0.4 is 0 Å². The third-order valence-corrected chi connectivity index (χ3v) is 2.39. The molecular formula is C10H13NS. The second-order valence-corrected chi connectivity index (χ2v) is 3.47. The minimum Gasteiger partial charge on any atom is -0.260 e. The SMILES string of the molecule is C=C(N=CCCC)c1cccs1. The third kappa shape index (κ3) is 2.62. The summed E-state index contributed by atoms with van der Waals surface area (Å²) in [5.74, 6) is 0. The van der Waals surface area contributed by atoms with Gasteiger partial charge in [0.1, 0.15) is 0 Å². The predicted octanol–water partition coefficient (Wildman–Crippen LogP) is 3.59. The minimum atomic E-state index is 0.874. The van der Waals surface area contributed by atoms with Crippen molar-refractivity contribution in [2.45, 2.75) is 19.8 Å². The molecule has 0 saturated heterocycles. The van der Waals surface area contributed by atoms with E-state index < -0.39 is 0 Å². The smallest absolute Gasteiger partial charge is 0.0726 e. The molecule has 0 N–H and O–H groups in total. The molecule has 0 radical (unpaired) electrons. The standard InChI is InChI=1S/C10H13NS/c1-3-4-7-11-9(2)10-6-5-8-12-10/h5-8H,2-4H2,1H3. The van der Waals surface area contributed by atoms with Crippen LogP contribution in [-0.4, -0.2) is 6.21 Å². The van der Waals surface area contributed by atoms with Crippen molar-refractivity contribution in [1.29, 1.82) is 0 Å². The topological polar surface area (TPSA) is 12.4 Å². The Morgan fingerprint density at radius 3 is 3.17 bits per heavy atom. The number of nitrogens with zero attached hydrogens (tertiary/aromatic N) is 1. The largest absolute Gasteiger partial charge is 0.260 e. The highest BCUT2D eigenvalue weighted by Gasteiger charge is 1.94. The molecule has 1 aromatic rings.